The molecule has 0 spiro atoms. The van der Waals surface area contributed by atoms with Gasteiger partial charge in [0.2, 0.25) is 0 Å². The molecule has 4 aromatic rings. The zero-order chi connectivity index (χ0) is 18.1. The highest BCUT2D eigenvalue weighted by atomic mass is 16.1. The highest BCUT2D eigenvalue weighted by molar-refractivity contribution is 5.92. The molecule has 2 N–H and O–H groups in total. The molecule has 0 amide bonds. The van der Waals surface area contributed by atoms with E-state index in [4.69, 9.17) is 0 Å². The summed E-state index contributed by atoms with van der Waals surface area (Å²) in [7, 11) is 0. The van der Waals surface area contributed by atoms with Gasteiger partial charge in [0, 0.05) is 17.3 Å². The van der Waals surface area contributed by atoms with Crippen LogP contribution >= 0.6 is 0 Å². The lowest BCUT2D eigenvalue weighted by molar-refractivity contribution is 0.604. The van der Waals surface area contributed by atoms with Gasteiger partial charge < -0.3 is 14.9 Å². The molecule has 130 valence electrons. The summed E-state index contributed by atoms with van der Waals surface area (Å²) in [6, 6.07) is 13.7. The fraction of sp³-hybridized carbons (Fsp3) is 0.158. The van der Waals surface area contributed by atoms with Crippen LogP contribution in [0.15, 0.2) is 59.9 Å². The highest BCUT2D eigenvalue weighted by Gasteiger charge is 2.11. The Bertz CT molecular complexity index is 1120. The SMILES string of the molecule is CC(C)n1cnnc1-c1cccc(Nc2cccc3nc[nH]c(=O)c23)c1. The summed E-state index contributed by atoms with van der Waals surface area (Å²) in [5.41, 5.74) is 2.99. The zero-order valence-corrected chi connectivity index (χ0v) is 14.5. The Balaban J connectivity index is 1.75. The summed E-state index contributed by atoms with van der Waals surface area (Å²) < 4.78 is 2.02. The van der Waals surface area contributed by atoms with Gasteiger partial charge in [0.1, 0.15) is 6.33 Å². The van der Waals surface area contributed by atoms with Crippen molar-refractivity contribution in [2.45, 2.75) is 19.9 Å². The van der Waals surface area contributed by atoms with Crippen LogP contribution in [0.3, 0.4) is 0 Å². The maximum absolute atomic E-state index is 12.2. The largest absolute Gasteiger partial charge is 0.355 e. The smallest absolute Gasteiger partial charge is 0.260 e. The molecule has 0 unspecified atom stereocenters. The topological polar surface area (TPSA) is 88.5 Å². The lowest BCUT2D eigenvalue weighted by Crippen LogP contribution is -2.08. The maximum atomic E-state index is 12.2. The number of rotatable bonds is 4. The second kappa shape index (κ2) is 6.44. The summed E-state index contributed by atoms with van der Waals surface area (Å²) in [5, 5.41) is 12.1. The van der Waals surface area contributed by atoms with Gasteiger partial charge in [-0.05, 0) is 38.1 Å². The van der Waals surface area contributed by atoms with E-state index in [1.54, 1.807) is 6.33 Å². The average Bonchev–Trinajstić information content (AvgIpc) is 3.12. The van der Waals surface area contributed by atoms with Gasteiger partial charge >= 0.3 is 0 Å². The second-order valence-electron chi connectivity index (χ2n) is 6.29. The average molecular weight is 346 g/mol. The van der Waals surface area contributed by atoms with Crippen LogP contribution < -0.4 is 10.9 Å². The maximum Gasteiger partial charge on any atom is 0.260 e. The van der Waals surface area contributed by atoms with E-state index in [9.17, 15) is 4.79 Å². The molecule has 2 heterocycles. The molecule has 0 saturated carbocycles. The van der Waals surface area contributed by atoms with Crippen molar-refractivity contribution in [2.24, 2.45) is 0 Å². The molecule has 4 rings (SSSR count). The Morgan fingerprint density at radius 3 is 2.85 bits per heavy atom. The molecule has 26 heavy (non-hydrogen) atoms. The number of hydrogen-bond acceptors (Lipinski definition) is 5. The Kier molecular flexibility index (Phi) is 3.96. The number of nitrogens with one attached hydrogen (secondary N) is 2. The first kappa shape index (κ1) is 16.0. The van der Waals surface area contributed by atoms with Crippen molar-refractivity contribution in [1.29, 1.82) is 0 Å². The number of H-pyrrole nitrogens is 1. The summed E-state index contributed by atoms with van der Waals surface area (Å²) >= 11 is 0. The van der Waals surface area contributed by atoms with Crippen molar-refractivity contribution in [3.8, 4) is 11.4 Å². The van der Waals surface area contributed by atoms with Crippen molar-refractivity contribution in [2.75, 3.05) is 5.32 Å². The summed E-state index contributed by atoms with van der Waals surface area (Å²) in [5.74, 6) is 0.807. The predicted octanol–water partition coefficient (Wildman–Crippen LogP) is 3.51. The first-order valence-corrected chi connectivity index (χ1v) is 8.37. The number of aromatic amines is 1. The van der Waals surface area contributed by atoms with E-state index < -0.39 is 0 Å². The number of aromatic nitrogens is 5. The molecule has 2 aromatic heterocycles. The quantitative estimate of drug-likeness (QED) is 0.590. The van der Waals surface area contributed by atoms with E-state index in [-0.39, 0.29) is 11.6 Å². The lowest BCUT2D eigenvalue weighted by atomic mass is 10.1. The van der Waals surface area contributed by atoms with E-state index in [2.05, 4.69) is 39.3 Å². The van der Waals surface area contributed by atoms with E-state index in [0.717, 1.165) is 17.1 Å². The van der Waals surface area contributed by atoms with Crippen molar-refractivity contribution in [3.05, 3.63) is 65.5 Å². The van der Waals surface area contributed by atoms with Gasteiger partial charge in [0.05, 0.1) is 22.9 Å². The Morgan fingerprint density at radius 2 is 2.00 bits per heavy atom. The summed E-state index contributed by atoms with van der Waals surface area (Å²) in [6.07, 6.45) is 3.14. The third-order valence-corrected chi connectivity index (χ3v) is 4.20. The van der Waals surface area contributed by atoms with Crippen LogP contribution in [0.5, 0.6) is 0 Å². The van der Waals surface area contributed by atoms with Crippen LogP contribution in [-0.4, -0.2) is 24.7 Å². The zero-order valence-electron chi connectivity index (χ0n) is 14.5. The van der Waals surface area contributed by atoms with Gasteiger partial charge in [0.25, 0.3) is 5.56 Å². The van der Waals surface area contributed by atoms with E-state index >= 15 is 0 Å². The molecule has 0 aliphatic rings. The normalized spacial score (nSPS) is 11.2. The standard InChI is InChI=1S/C19H18N6O/c1-12(2)25-11-22-24-18(25)13-5-3-6-14(9-13)23-16-8-4-7-15-17(16)19(26)21-10-20-15/h3-12,23H,1-2H3,(H,20,21,26). The molecule has 7 nitrogen and oxygen atoms in total. The monoisotopic (exact) mass is 346 g/mol. The molecule has 0 radical (unpaired) electrons. The van der Waals surface area contributed by atoms with Crippen LogP contribution in [-0.2, 0) is 0 Å². The second-order valence-corrected chi connectivity index (χ2v) is 6.29. The van der Waals surface area contributed by atoms with Crippen LogP contribution in [0.25, 0.3) is 22.3 Å². The Morgan fingerprint density at radius 1 is 1.15 bits per heavy atom. The number of fused-ring (bicyclic) bond motifs is 1. The first-order chi connectivity index (χ1) is 12.6. The van der Waals surface area contributed by atoms with Gasteiger partial charge in [0.15, 0.2) is 5.82 Å². The van der Waals surface area contributed by atoms with Crippen LogP contribution in [0.4, 0.5) is 11.4 Å². The third-order valence-electron chi connectivity index (χ3n) is 4.20. The molecule has 7 heteroatoms. The number of nitrogens with zero attached hydrogens (tertiary/aromatic N) is 4. The summed E-state index contributed by atoms with van der Waals surface area (Å²) in [4.78, 5) is 19.0. The lowest BCUT2D eigenvalue weighted by Gasteiger charge is -2.12. The Hall–Kier alpha value is -3.48. The molecular weight excluding hydrogens is 328 g/mol. The molecule has 0 aliphatic heterocycles. The van der Waals surface area contributed by atoms with Gasteiger partial charge in [-0.15, -0.1) is 10.2 Å². The van der Waals surface area contributed by atoms with Crippen molar-refractivity contribution in [1.82, 2.24) is 24.7 Å². The number of benzene rings is 2. The fourth-order valence-electron chi connectivity index (χ4n) is 2.94. The molecule has 0 bridgehead atoms. The number of anilines is 2. The fourth-order valence-corrected chi connectivity index (χ4v) is 2.94. The molecule has 0 fully saturated rings. The highest BCUT2D eigenvalue weighted by Crippen LogP contribution is 2.27. The molecule has 2 aromatic carbocycles. The van der Waals surface area contributed by atoms with E-state index in [1.165, 1.54) is 6.33 Å². The molecule has 0 atom stereocenters. The predicted molar refractivity (Wildman–Crippen MR) is 101 cm³/mol. The van der Waals surface area contributed by atoms with Crippen molar-refractivity contribution >= 4 is 22.3 Å². The molecular formula is C19H18N6O. The van der Waals surface area contributed by atoms with Gasteiger partial charge in [-0.1, -0.05) is 18.2 Å². The van der Waals surface area contributed by atoms with Gasteiger partial charge in [-0.2, -0.15) is 0 Å². The van der Waals surface area contributed by atoms with E-state index in [0.29, 0.717) is 16.6 Å². The molecule has 0 aliphatic carbocycles. The minimum atomic E-state index is -0.172. The van der Waals surface area contributed by atoms with Crippen LogP contribution in [0, 0.1) is 0 Å². The van der Waals surface area contributed by atoms with Crippen LogP contribution in [0.2, 0.25) is 0 Å². The van der Waals surface area contributed by atoms with Crippen LogP contribution in [0.1, 0.15) is 19.9 Å². The van der Waals surface area contributed by atoms with Gasteiger partial charge in [-0.3, -0.25) is 4.79 Å². The van der Waals surface area contributed by atoms with E-state index in [1.807, 2.05) is 47.0 Å². The van der Waals surface area contributed by atoms with Crippen molar-refractivity contribution in [3.63, 3.8) is 0 Å². The van der Waals surface area contributed by atoms with Crippen molar-refractivity contribution < 1.29 is 0 Å². The van der Waals surface area contributed by atoms with Gasteiger partial charge in [-0.25, -0.2) is 4.98 Å². The Labute approximate surface area is 149 Å². The molecule has 0 saturated heterocycles. The third kappa shape index (κ3) is 2.83. The minimum absolute atomic E-state index is 0.172. The minimum Gasteiger partial charge on any atom is -0.355 e. The first-order valence-electron chi connectivity index (χ1n) is 8.37. The summed E-state index contributed by atoms with van der Waals surface area (Å²) in [6.45, 7) is 4.18. The number of hydrogen-bond donors (Lipinski definition) is 2.